The summed E-state index contributed by atoms with van der Waals surface area (Å²) in [7, 11) is -1.80. The van der Waals surface area contributed by atoms with E-state index in [2.05, 4.69) is 0 Å². The van der Waals surface area contributed by atoms with Crippen molar-refractivity contribution in [2.45, 2.75) is 11.0 Å². The molecule has 0 aliphatic carbocycles. The van der Waals surface area contributed by atoms with E-state index in [-0.39, 0.29) is 16.2 Å². The van der Waals surface area contributed by atoms with Crippen LogP contribution in [-0.2, 0) is 14.6 Å². The highest BCUT2D eigenvalue weighted by Crippen LogP contribution is 2.19. The van der Waals surface area contributed by atoms with Gasteiger partial charge in [0.2, 0.25) is 0 Å². The topological polar surface area (TPSA) is 83.9 Å². The number of benzene rings is 1. The summed E-state index contributed by atoms with van der Waals surface area (Å²) in [4.78, 5) is 13.0. The standard InChI is InChI=1S/C13H17NO5S/c1-14-6-7-19-10(8-14)9-20(17,18)12-5-3-2-4-11(12)13(15)16/h2-5,10H,6-9H2,1H3,(H,15,16). The van der Waals surface area contributed by atoms with Crippen molar-refractivity contribution in [3.8, 4) is 0 Å². The van der Waals surface area contributed by atoms with Crippen LogP contribution >= 0.6 is 0 Å². The van der Waals surface area contributed by atoms with Crippen molar-refractivity contribution in [2.75, 3.05) is 32.5 Å². The summed E-state index contributed by atoms with van der Waals surface area (Å²) in [6.45, 7) is 1.77. The molecule has 0 radical (unpaired) electrons. The number of morpholine rings is 1. The smallest absolute Gasteiger partial charge is 0.337 e. The Balaban J connectivity index is 2.24. The molecule has 1 aliphatic heterocycles. The third-order valence-corrected chi connectivity index (χ3v) is 5.04. The van der Waals surface area contributed by atoms with E-state index in [1.165, 1.54) is 24.3 Å². The zero-order valence-electron chi connectivity index (χ0n) is 11.2. The minimum Gasteiger partial charge on any atom is -0.478 e. The summed E-state index contributed by atoms with van der Waals surface area (Å²) in [5, 5.41) is 9.07. The first kappa shape index (κ1) is 15.0. The zero-order chi connectivity index (χ0) is 14.8. The zero-order valence-corrected chi connectivity index (χ0v) is 12.0. The van der Waals surface area contributed by atoms with Crippen LogP contribution < -0.4 is 0 Å². The molecule has 0 bridgehead atoms. The van der Waals surface area contributed by atoms with Gasteiger partial charge in [-0.2, -0.15) is 0 Å². The molecule has 1 saturated heterocycles. The Hall–Kier alpha value is -1.44. The van der Waals surface area contributed by atoms with Gasteiger partial charge in [0.05, 0.1) is 28.9 Å². The molecule has 1 fully saturated rings. The van der Waals surface area contributed by atoms with Gasteiger partial charge in [-0.15, -0.1) is 0 Å². The first-order chi connectivity index (χ1) is 9.40. The van der Waals surface area contributed by atoms with Crippen molar-refractivity contribution in [2.24, 2.45) is 0 Å². The third-order valence-electron chi connectivity index (χ3n) is 3.20. The van der Waals surface area contributed by atoms with E-state index in [0.29, 0.717) is 13.2 Å². The van der Waals surface area contributed by atoms with Crippen LogP contribution in [0.2, 0.25) is 0 Å². The van der Waals surface area contributed by atoms with E-state index in [1.54, 1.807) is 0 Å². The maximum absolute atomic E-state index is 12.4. The first-order valence-electron chi connectivity index (χ1n) is 6.25. The van der Waals surface area contributed by atoms with Gasteiger partial charge in [-0.3, -0.25) is 0 Å². The molecule has 20 heavy (non-hydrogen) atoms. The van der Waals surface area contributed by atoms with Crippen molar-refractivity contribution in [3.05, 3.63) is 29.8 Å². The average molecular weight is 299 g/mol. The van der Waals surface area contributed by atoms with Crippen LogP contribution in [0.25, 0.3) is 0 Å². The van der Waals surface area contributed by atoms with E-state index in [0.717, 1.165) is 6.54 Å². The Kier molecular flexibility index (Phi) is 4.42. The van der Waals surface area contributed by atoms with Crippen LogP contribution in [0.15, 0.2) is 29.2 Å². The molecule has 1 unspecified atom stereocenters. The van der Waals surface area contributed by atoms with E-state index >= 15 is 0 Å². The molecule has 7 heteroatoms. The fourth-order valence-electron chi connectivity index (χ4n) is 2.22. The fourth-order valence-corrected chi connectivity index (χ4v) is 3.86. The van der Waals surface area contributed by atoms with Gasteiger partial charge in [-0.05, 0) is 19.2 Å². The van der Waals surface area contributed by atoms with Crippen LogP contribution in [0.4, 0.5) is 0 Å². The van der Waals surface area contributed by atoms with Crippen LogP contribution in [-0.4, -0.2) is 63.0 Å². The van der Waals surface area contributed by atoms with Crippen molar-refractivity contribution in [1.82, 2.24) is 4.90 Å². The van der Waals surface area contributed by atoms with Gasteiger partial charge in [0.25, 0.3) is 0 Å². The molecule has 0 amide bonds. The second kappa shape index (κ2) is 5.90. The maximum atomic E-state index is 12.4. The predicted octanol–water partition coefficient (Wildman–Crippen LogP) is 0.489. The molecule has 1 aliphatic rings. The first-order valence-corrected chi connectivity index (χ1v) is 7.90. The van der Waals surface area contributed by atoms with E-state index in [4.69, 9.17) is 9.84 Å². The number of hydrogen-bond acceptors (Lipinski definition) is 5. The van der Waals surface area contributed by atoms with E-state index in [9.17, 15) is 13.2 Å². The molecule has 1 heterocycles. The number of rotatable bonds is 4. The van der Waals surface area contributed by atoms with Crippen molar-refractivity contribution in [3.63, 3.8) is 0 Å². The van der Waals surface area contributed by atoms with E-state index in [1.807, 2.05) is 11.9 Å². The lowest BCUT2D eigenvalue weighted by atomic mass is 10.2. The summed E-state index contributed by atoms with van der Waals surface area (Å²) in [6, 6.07) is 5.65. The third kappa shape index (κ3) is 3.36. The van der Waals surface area contributed by atoms with Gasteiger partial charge >= 0.3 is 5.97 Å². The summed E-state index contributed by atoms with van der Waals surface area (Å²) in [5.41, 5.74) is -0.198. The molecular weight excluding hydrogens is 282 g/mol. The number of nitrogens with zero attached hydrogens (tertiary/aromatic N) is 1. The van der Waals surface area contributed by atoms with Crippen molar-refractivity contribution in [1.29, 1.82) is 0 Å². The Morgan fingerprint density at radius 2 is 2.15 bits per heavy atom. The molecule has 0 aromatic heterocycles. The predicted molar refractivity (Wildman–Crippen MR) is 72.7 cm³/mol. The summed E-state index contributed by atoms with van der Waals surface area (Å²) >= 11 is 0. The summed E-state index contributed by atoms with van der Waals surface area (Å²) in [5.74, 6) is -1.45. The Bertz CT molecular complexity index is 599. The number of sulfone groups is 1. The van der Waals surface area contributed by atoms with Gasteiger partial charge in [-0.25, -0.2) is 13.2 Å². The quantitative estimate of drug-likeness (QED) is 0.871. The van der Waals surface area contributed by atoms with E-state index < -0.39 is 21.9 Å². The molecule has 0 saturated carbocycles. The lowest BCUT2D eigenvalue weighted by Gasteiger charge is -2.29. The monoisotopic (exact) mass is 299 g/mol. The van der Waals surface area contributed by atoms with Crippen LogP contribution in [0, 0.1) is 0 Å². The molecular formula is C13H17NO5S. The average Bonchev–Trinajstić information content (AvgIpc) is 2.38. The number of carboxylic acids is 1. The Morgan fingerprint density at radius 1 is 1.45 bits per heavy atom. The molecule has 1 aromatic carbocycles. The van der Waals surface area contributed by atoms with Gasteiger partial charge in [0.1, 0.15) is 0 Å². The van der Waals surface area contributed by atoms with Gasteiger partial charge < -0.3 is 14.7 Å². The highest BCUT2D eigenvalue weighted by atomic mass is 32.2. The minimum absolute atomic E-state index is 0.149. The molecule has 1 aromatic rings. The summed E-state index contributed by atoms with van der Waals surface area (Å²) < 4.78 is 30.2. The Labute approximate surface area is 117 Å². The van der Waals surface area contributed by atoms with Crippen molar-refractivity contribution >= 4 is 15.8 Å². The summed E-state index contributed by atoms with van der Waals surface area (Å²) in [6.07, 6.45) is -0.430. The molecule has 1 atom stereocenters. The number of ether oxygens (including phenoxy) is 1. The Morgan fingerprint density at radius 3 is 2.80 bits per heavy atom. The highest BCUT2D eigenvalue weighted by Gasteiger charge is 2.28. The molecule has 110 valence electrons. The SMILES string of the molecule is CN1CCOC(CS(=O)(=O)c2ccccc2C(=O)O)C1. The normalized spacial score (nSPS) is 20.8. The number of carbonyl (C=O) groups is 1. The largest absolute Gasteiger partial charge is 0.478 e. The number of likely N-dealkylation sites (N-methyl/N-ethyl adjacent to an activating group) is 1. The number of hydrogen-bond donors (Lipinski definition) is 1. The second-order valence-electron chi connectivity index (χ2n) is 4.84. The van der Waals surface area contributed by atoms with Crippen LogP contribution in [0.5, 0.6) is 0 Å². The number of aromatic carboxylic acids is 1. The fraction of sp³-hybridized carbons (Fsp3) is 0.462. The molecule has 2 rings (SSSR count). The molecule has 1 N–H and O–H groups in total. The van der Waals surface area contributed by atoms with Crippen LogP contribution in [0.3, 0.4) is 0 Å². The maximum Gasteiger partial charge on any atom is 0.337 e. The van der Waals surface area contributed by atoms with Gasteiger partial charge in [0.15, 0.2) is 9.84 Å². The minimum atomic E-state index is -3.69. The number of carboxylic acid groups (broad SMARTS) is 1. The van der Waals surface area contributed by atoms with Gasteiger partial charge in [0, 0.05) is 13.1 Å². The lowest BCUT2D eigenvalue weighted by Crippen LogP contribution is -2.43. The lowest BCUT2D eigenvalue weighted by molar-refractivity contribution is -0.00682. The molecule has 0 spiro atoms. The van der Waals surface area contributed by atoms with Gasteiger partial charge in [-0.1, -0.05) is 12.1 Å². The highest BCUT2D eigenvalue weighted by molar-refractivity contribution is 7.91. The van der Waals surface area contributed by atoms with Crippen molar-refractivity contribution < 1.29 is 23.1 Å². The van der Waals surface area contributed by atoms with Crippen LogP contribution in [0.1, 0.15) is 10.4 Å². The second-order valence-corrected chi connectivity index (χ2v) is 6.84. The molecule has 6 nitrogen and oxygen atoms in total.